The van der Waals surface area contributed by atoms with Crippen molar-refractivity contribution in [3.05, 3.63) is 29.3 Å². The molecular weight excluding hydrogens is 254 g/mol. The number of hydrogen-bond donors (Lipinski definition) is 2. The van der Waals surface area contributed by atoms with Crippen LogP contribution in [0.4, 0.5) is 0 Å². The third-order valence-electron chi connectivity index (χ3n) is 4.16. The molecule has 0 radical (unpaired) electrons. The molecule has 1 aliphatic carbocycles. The quantitative estimate of drug-likeness (QED) is 0.804. The summed E-state index contributed by atoms with van der Waals surface area (Å²) in [5.74, 6) is 0.131. The first-order valence-corrected chi connectivity index (χ1v) is 7.18. The van der Waals surface area contributed by atoms with E-state index < -0.39 is 11.5 Å². The second-order valence-corrected chi connectivity index (χ2v) is 5.57. The number of rotatable bonds is 7. The molecule has 1 aromatic rings. The van der Waals surface area contributed by atoms with Gasteiger partial charge >= 0.3 is 5.97 Å². The van der Waals surface area contributed by atoms with Crippen LogP contribution < -0.4 is 10.1 Å². The summed E-state index contributed by atoms with van der Waals surface area (Å²) in [6.45, 7) is 6.75. The van der Waals surface area contributed by atoms with Crippen LogP contribution >= 0.6 is 0 Å². The van der Waals surface area contributed by atoms with Gasteiger partial charge in [-0.3, -0.25) is 10.1 Å². The zero-order chi connectivity index (χ0) is 14.8. The van der Waals surface area contributed by atoms with Crippen molar-refractivity contribution in [3.8, 4) is 5.75 Å². The summed E-state index contributed by atoms with van der Waals surface area (Å²) in [4.78, 5) is 11.7. The number of hydrogen-bond acceptors (Lipinski definition) is 3. The number of carboxylic acid groups (broad SMARTS) is 1. The lowest BCUT2D eigenvalue weighted by Crippen LogP contribution is -2.58. The normalized spacial score (nSPS) is 17.6. The fourth-order valence-electron chi connectivity index (χ4n) is 2.59. The Bertz CT molecular complexity index is 496. The van der Waals surface area contributed by atoms with Gasteiger partial charge in [0.25, 0.3) is 0 Å². The van der Waals surface area contributed by atoms with Crippen LogP contribution in [-0.2, 0) is 4.79 Å². The van der Waals surface area contributed by atoms with E-state index in [1.165, 1.54) is 0 Å². The zero-order valence-corrected chi connectivity index (χ0v) is 12.4. The van der Waals surface area contributed by atoms with Gasteiger partial charge in [-0.1, -0.05) is 19.1 Å². The third-order valence-corrected chi connectivity index (χ3v) is 4.16. The fourth-order valence-corrected chi connectivity index (χ4v) is 2.59. The standard InChI is InChI=1S/C16H23NO3/c1-4-17-16(15(18)19,13-8-9-13)10-20-14-7-5-6-11(2)12(14)3/h5-7,13,17H,4,8-10H2,1-3H3,(H,18,19). The first-order valence-electron chi connectivity index (χ1n) is 7.18. The van der Waals surface area contributed by atoms with E-state index in [1.54, 1.807) is 0 Å². The van der Waals surface area contributed by atoms with Crippen molar-refractivity contribution in [1.29, 1.82) is 0 Å². The summed E-state index contributed by atoms with van der Waals surface area (Å²) < 4.78 is 5.85. The van der Waals surface area contributed by atoms with E-state index in [2.05, 4.69) is 5.32 Å². The van der Waals surface area contributed by atoms with Gasteiger partial charge in [-0.15, -0.1) is 0 Å². The Hall–Kier alpha value is -1.55. The maximum Gasteiger partial charge on any atom is 0.327 e. The van der Waals surface area contributed by atoms with Crippen molar-refractivity contribution in [3.63, 3.8) is 0 Å². The van der Waals surface area contributed by atoms with Crippen LogP contribution in [0, 0.1) is 19.8 Å². The molecule has 4 heteroatoms. The monoisotopic (exact) mass is 277 g/mol. The average Bonchev–Trinajstić information content (AvgIpc) is 3.23. The third kappa shape index (κ3) is 2.80. The summed E-state index contributed by atoms with van der Waals surface area (Å²) in [6, 6.07) is 5.86. The van der Waals surface area contributed by atoms with E-state index in [-0.39, 0.29) is 12.5 Å². The van der Waals surface area contributed by atoms with Crippen molar-refractivity contribution in [1.82, 2.24) is 5.32 Å². The van der Waals surface area contributed by atoms with Gasteiger partial charge in [0.2, 0.25) is 0 Å². The zero-order valence-electron chi connectivity index (χ0n) is 12.4. The van der Waals surface area contributed by atoms with Gasteiger partial charge in [0.05, 0.1) is 0 Å². The summed E-state index contributed by atoms with van der Waals surface area (Å²) >= 11 is 0. The molecule has 0 aromatic heterocycles. The predicted molar refractivity (Wildman–Crippen MR) is 78.2 cm³/mol. The van der Waals surface area contributed by atoms with Gasteiger partial charge in [0, 0.05) is 0 Å². The molecular formula is C16H23NO3. The number of aliphatic carboxylic acids is 1. The van der Waals surface area contributed by atoms with Gasteiger partial charge in [0.1, 0.15) is 12.4 Å². The van der Waals surface area contributed by atoms with Crippen LogP contribution in [0.25, 0.3) is 0 Å². The van der Waals surface area contributed by atoms with Crippen molar-refractivity contribution >= 4 is 5.97 Å². The van der Waals surface area contributed by atoms with Crippen LogP contribution in [0.5, 0.6) is 5.75 Å². The highest BCUT2D eigenvalue weighted by Gasteiger charge is 2.51. The molecule has 0 aliphatic heterocycles. The number of likely N-dealkylation sites (N-methyl/N-ethyl adjacent to an activating group) is 1. The van der Waals surface area contributed by atoms with Crippen LogP contribution in [0.1, 0.15) is 30.9 Å². The lowest BCUT2D eigenvalue weighted by Gasteiger charge is -2.30. The van der Waals surface area contributed by atoms with Crippen molar-refractivity contribution in [2.45, 2.75) is 39.2 Å². The summed E-state index contributed by atoms with van der Waals surface area (Å²) in [6.07, 6.45) is 1.91. The van der Waals surface area contributed by atoms with Gasteiger partial charge in [0.15, 0.2) is 5.54 Å². The topological polar surface area (TPSA) is 58.6 Å². The van der Waals surface area contributed by atoms with Gasteiger partial charge < -0.3 is 9.84 Å². The van der Waals surface area contributed by atoms with Crippen LogP contribution in [-0.4, -0.2) is 29.8 Å². The smallest absolute Gasteiger partial charge is 0.327 e. The molecule has 0 spiro atoms. The predicted octanol–water partition coefficient (Wildman–Crippen LogP) is 2.53. The van der Waals surface area contributed by atoms with E-state index >= 15 is 0 Å². The maximum absolute atomic E-state index is 11.7. The highest BCUT2D eigenvalue weighted by molar-refractivity contribution is 5.80. The molecule has 0 heterocycles. The SMILES string of the molecule is CCNC(COc1cccc(C)c1C)(C(=O)O)C1CC1. The van der Waals surface area contributed by atoms with E-state index in [0.29, 0.717) is 6.54 Å². The van der Waals surface area contributed by atoms with Crippen LogP contribution in [0.3, 0.4) is 0 Å². The molecule has 110 valence electrons. The molecule has 1 atom stereocenters. The van der Waals surface area contributed by atoms with E-state index in [0.717, 1.165) is 29.7 Å². The van der Waals surface area contributed by atoms with E-state index in [1.807, 2.05) is 39.0 Å². The molecule has 1 saturated carbocycles. The number of ether oxygens (including phenoxy) is 1. The summed E-state index contributed by atoms with van der Waals surface area (Å²) in [7, 11) is 0. The molecule has 2 N–H and O–H groups in total. The molecule has 20 heavy (non-hydrogen) atoms. The number of carboxylic acids is 1. The fraction of sp³-hybridized carbons (Fsp3) is 0.562. The molecule has 0 amide bonds. The van der Waals surface area contributed by atoms with Gasteiger partial charge in [-0.2, -0.15) is 0 Å². The molecule has 1 aromatic carbocycles. The maximum atomic E-state index is 11.7. The minimum atomic E-state index is -0.953. The van der Waals surface area contributed by atoms with Crippen molar-refractivity contribution in [2.24, 2.45) is 5.92 Å². The first-order chi connectivity index (χ1) is 9.51. The Labute approximate surface area is 120 Å². The second-order valence-electron chi connectivity index (χ2n) is 5.57. The molecule has 4 nitrogen and oxygen atoms in total. The Kier molecular flexibility index (Phi) is 4.33. The summed E-state index contributed by atoms with van der Waals surface area (Å²) in [5.41, 5.74) is 1.27. The Morgan fingerprint density at radius 2 is 2.15 bits per heavy atom. The van der Waals surface area contributed by atoms with Crippen molar-refractivity contribution < 1.29 is 14.6 Å². The number of carbonyl (C=O) groups is 1. The van der Waals surface area contributed by atoms with Crippen molar-refractivity contribution in [2.75, 3.05) is 13.2 Å². The number of benzene rings is 1. The van der Waals surface area contributed by atoms with Crippen LogP contribution in [0.15, 0.2) is 18.2 Å². The second kappa shape index (κ2) is 5.83. The summed E-state index contributed by atoms with van der Waals surface area (Å²) in [5, 5.41) is 12.8. The molecule has 1 fully saturated rings. The number of nitrogens with one attached hydrogen (secondary N) is 1. The minimum absolute atomic E-state index is 0.171. The molecule has 0 saturated heterocycles. The molecule has 2 rings (SSSR count). The largest absolute Gasteiger partial charge is 0.491 e. The molecule has 0 bridgehead atoms. The average molecular weight is 277 g/mol. The van der Waals surface area contributed by atoms with Gasteiger partial charge in [-0.05, 0) is 56.3 Å². The first kappa shape index (κ1) is 14.9. The van der Waals surface area contributed by atoms with E-state index in [9.17, 15) is 9.90 Å². The Balaban J connectivity index is 2.16. The highest BCUT2D eigenvalue weighted by Crippen LogP contribution is 2.40. The Morgan fingerprint density at radius 3 is 2.70 bits per heavy atom. The molecule has 1 aliphatic rings. The van der Waals surface area contributed by atoms with Gasteiger partial charge in [-0.25, -0.2) is 0 Å². The highest BCUT2D eigenvalue weighted by atomic mass is 16.5. The van der Waals surface area contributed by atoms with Crippen LogP contribution in [0.2, 0.25) is 0 Å². The molecule has 1 unspecified atom stereocenters. The lowest BCUT2D eigenvalue weighted by molar-refractivity contribution is -0.147. The minimum Gasteiger partial charge on any atom is -0.491 e. The number of aryl methyl sites for hydroxylation is 1. The lowest BCUT2D eigenvalue weighted by atomic mass is 9.94. The van der Waals surface area contributed by atoms with E-state index in [4.69, 9.17) is 4.74 Å². The Morgan fingerprint density at radius 1 is 1.45 bits per heavy atom.